The third-order valence-electron chi connectivity index (χ3n) is 4.15. The van der Waals surface area contributed by atoms with Crippen molar-refractivity contribution in [3.05, 3.63) is 83.4 Å². The Balaban J connectivity index is 1.75. The average molecular weight is 420 g/mol. The Morgan fingerprint density at radius 1 is 0.767 bits per heavy atom. The molecule has 3 rings (SSSR count). The molecule has 0 bridgehead atoms. The zero-order valence-electron chi connectivity index (χ0n) is 16.8. The first-order valence-electron chi connectivity index (χ1n) is 8.99. The highest BCUT2D eigenvalue weighted by atomic mass is 32.2. The quantitative estimate of drug-likeness (QED) is 0.435. The number of methoxy groups -OCH3 is 2. The van der Waals surface area contributed by atoms with Crippen LogP contribution in [-0.2, 0) is 10.0 Å². The molecule has 0 amide bonds. The molecular weight excluding hydrogens is 400 g/mol. The Hall–Kier alpha value is -3.63. The zero-order valence-corrected chi connectivity index (χ0v) is 17.6. The van der Waals surface area contributed by atoms with E-state index in [2.05, 4.69) is 21.5 Å². The molecule has 0 aliphatic rings. The van der Waals surface area contributed by atoms with Gasteiger partial charge < -0.3 is 9.47 Å². The molecule has 0 N–H and O–H groups in total. The smallest absolute Gasteiger partial charge is 0.299 e. The van der Waals surface area contributed by atoms with Crippen LogP contribution in [0.25, 0.3) is 0 Å². The second-order valence-electron chi connectivity index (χ2n) is 6.37. The molecule has 0 radical (unpaired) electrons. The van der Waals surface area contributed by atoms with Gasteiger partial charge >= 0.3 is 0 Å². The van der Waals surface area contributed by atoms with Gasteiger partial charge in [0, 0.05) is 17.2 Å². The van der Waals surface area contributed by atoms with Crippen LogP contribution in [0.4, 0.5) is 5.69 Å². The van der Waals surface area contributed by atoms with Crippen LogP contribution in [0.1, 0.15) is 16.7 Å². The Kier molecular flexibility index (Phi) is 6.50. The molecule has 6 nitrogen and oxygen atoms in total. The highest BCUT2D eigenvalue weighted by molar-refractivity contribution is 7.90. The SMILES string of the molecule is COc1cc(C#Cc2ccc(N=NS(=O)(=O)c3ccc(C)cc3)cc2)cc(OC)c1. The van der Waals surface area contributed by atoms with Gasteiger partial charge in [-0.3, -0.25) is 0 Å². The molecule has 152 valence electrons. The van der Waals surface area contributed by atoms with Gasteiger partial charge in [-0.05, 0) is 55.5 Å². The van der Waals surface area contributed by atoms with Crippen molar-refractivity contribution in [1.82, 2.24) is 0 Å². The van der Waals surface area contributed by atoms with E-state index in [-0.39, 0.29) is 4.90 Å². The lowest BCUT2D eigenvalue weighted by molar-refractivity contribution is 0.394. The molecule has 3 aromatic carbocycles. The van der Waals surface area contributed by atoms with Gasteiger partial charge in [0.05, 0.1) is 24.8 Å². The van der Waals surface area contributed by atoms with Crippen LogP contribution in [0.5, 0.6) is 11.5 Å². The summed E-state index contributed by atoms with van der Waals surface area (Å²) in [4.78, 5) is 0.105. The number of rotatable bonds is 5. The predicted molar refractivity (Wildman–Crippen MR) is 115 cm³/mol. The minimum Gasteiger partial charge on any atom is -0.497 e. The third-order valence-corrected chi connectivity index (χ3v) is 5.32. The number of nitrogens with zero attached hydrogens (tertiary/aromatic N) is 2. The van der Waals surface area contributed by atoms with Crippen LogP contribution < -0.4 is 9.47 Å². The highest BCUT2D eigenvalue weighted by Crippen LogP contribution is 2.22. The molecule has 0 unspecified atom stereocenters. The van der Waals surface area contributed by atoms with Crippen molar-refractivity contribution >= 4 is 15.7 Å². The van der Waals surface area contributed by atoms with Gasteiger partial charge in [0.25, 0.3) is 10.0 Å². The highest BCUT2D eigenvalue weighted by Gasteiger charge is 2.12. The largest absolute Gasteiger partial charge is 0.497 e. The molecule has 0 saturated heterocycles. The van der Waals surface area contributed by atoms with Crippen LogP contribution in [0.15, 0.2) is 81.3 Å². The van der Waals surface area contributed by atoms with Crippen molar-refractivity contribution in [3.63, 3.8) is 0 Å². The van der Waals surface area contributed by atoms with E-state index in [9.17, 15) is 8.42 Å². The third kappa shape index (κ3) is 5.46. The summed E-state index contributed by atoms with van der Waals surface area (Å²) in [7, 11) is -0.675. The fraction of sp³-hybridized carbons (Fsp3) is 0.130. The molecule has 0 fully saturated rings. The van der Waals surface area contributed by atoms with Crippen molar-refractivity contribution in [2.75, 3.05) is 14.2 Å². The molecule has 0 saturated carbocycles. The van der Waals surface area contributed by atoms with Gasteiger partial charge in [0.15, 0.2) is 0 Å². The van der Waals surface area contributed by atoms with Gasteiger partial charge in [0.1, 0.15) is 11.5 Å². The first kappa shape index (κ1) is 21.1. The van der Waals surface area contributed by atoms with E-state index < -0.39 is 10.0 Å². The van der Waals surface area contributed by atoms with Crippen LogP contribution in [0.2, 0.25) is 0 Å². The molecule has 30 heavy (non-hydrogen) atoms. The van der Waals surface area contributed by atoms with Crippen molar-refractivity contribution in [2.45, 2.75) is 11.8 Å². The summed E-state index contributed by atoms with van der Waals surface area (Å²) in [5.74, 6) is 7.41. The maximum absolute atomic E-state index is 12.2. The Morgan fingerprint density at radius 2 is 1.33 bits per heavy atom. The van der Waals surface area contributed by atoms with E-state index in [1.54, 1.807) is 56.7 Å². The average Bonchev–Trinajstić information content (AvgIpc) is 2.77. The number of hydrogen-bond donors (Lipinski definition) is 0. The summed E-state index contributed by atoms with van der Waals surface area (Å²) in [6.45, 7) is 1.88. The van der Waals surface area contributed by atoms with Crippen LogP contribution >= 0.6 is 0 Å². The lowest BCUT2D eigenvalue weighted by Crippen LogP contribution is -1.95. The number of hydrogen-bond acceptors (Lipinski definition) is 5. The van der Waals surface area contributed by atoms with Crippen molar-refractivity contribution in [3.8, 4) is 23.3 Å². The topological polar surface area (TPSA) is 77.3 Å². The fourth-order valence-electron chi connectivity index (χ4n) is 2.49. The van der Waals surface area contributed by atoms with Gasteiger partial charge in [0.2, 0.25) is 0 Å². The lowest BCUT2D eigenvalue weighted by atomic mass is 10.1. The summed E-state index contributed by atoms with van der Waals surface area (Å²) in [5, 5.41) is 3.84. The minimum absolute atomic E-state index is 0.105. The molecule has 3 aromatic rings. The van der Waals surface area contributed by atoms with Crippen LogP contribution in [0, 0.1) is 18.8 Å². The number of benzene rings is 3. The second-order valence-corrected chi connectivity index (χ2v) is 7.95. The lowest BCUT2D eigenvalue weighted by Gasteiger charge is -2.04. The van der Waals surface area contributed by atoms with Gasteiger partial charge in [-0.15, -0.1) is 5.11 Å². The predicted octanol–water partition coefficient (Wildman–Crippen LogP) is 4.88. The van der Waals surface area contributed by atoms with Gasteiger partial charge in [-0.1, -0.05) is 34.1 Å². The Labute approximate surface area is 176 Å². The van der Waals surface area contributed by atoms with E-state index in [0.717, 1.165) is 16.7 Å². The molecule has 0 atom stereocenters. The Bertz CT molecular complexity index is 1200. The Morgan fingerprint density at radius 3 is 1.90 bits per heavy atom. The van der Waals surface area contributed by atoms with Gasteiger partial charge in [-0.2, -0.15) is 8.42 Å². The maximum atomic E-state index is 12.2. The molecule has 0 aliphatic carbocycles. The van der Waals surface area contributed by atoms with Crippen LogP contribution in [-0.4, -0.2) is 22.6 Å². The maximum Gasteiger partial charge on any atom is 0.299 e. The standard InChI is InChI=1S/C23H20N2O4S/c1-17-4-12-23(13-5-17)30(26,27)25-24-20-10-8-18(9-11-20)6-7-19-14-21(28-2)16-22(15-19)29-3/h4-5,8-16H,1-3H3. The molecule has 0 aromatic heterocycles. The minimum atomic E-state index is -3.84. The first-order chi connectivity index (χ1) is 14.4. The summed E-state index contributed by atoms with van der Waals surface area (Å²) in [6, 6.07) is 18.7. The summed E-state index contributed by atoms with van der Waals surface area (Å²) >= 11 is 0. The number of aryl methyl sites for hydroxylation is 1. The molecule has 0 heterocycles. The zero-order chi connectivity index (χ0) is 21.6. The first-order valence-corrected chi connectivity index (χ1v) is 10.4. The van der Waals surface area contributed by atoms with Gasteiger partial charge in [-0.25, -0.2) is 0 Å². The fourth-order valence-corrected chi connectivity index (χ4v) is 3.27. The molecule has 0 aliphatic heterocycles. The molecular formula is C23H20N2O4S. The number of sulfonamides is 1. The van der Waals surface area contributed by atoms with E-state index >= 15 is 0 Å². The monoisotopic (exact) mass is 420 g/mol. The van der Waals surface area contributed by atoms with Crippen molar-refractivity contribution < 1.29 is 17.9 Å². The van der Waals surface area contributed by atoms with Crippen LogP contribution in [0.3, 0.4) is 0 Å². The van der Waals surface area contributed by atoms with E-state index in [1.165, 1.54) is 12.1 Å². The van der Waals surface area contributed by atoms with E-state index in [1.807, 2.05) is 19.1 Å². The van der Waals surface area contributed by atoms with E-state index in [4.69, 9.17) is 9.47 Å². The normalized spacial score (nSPS) is 11.0. The molecule has 0 spiro atoms. The van der Waals surface area contributed by atoms with Crippen molar-refractivity contribution in [2.24, 2.45) is 9.63 Å². The summed E-state index contributed by atoms with van der Waals surface area (Å²) < 4.78 is 38.5. The van der Waals surface area contributed by atoms with E-state index in [0.29, 0.717) is 17.2 Å². The van der Waals surface area contributed by atoms with Crippen molar-refractivity contribution in [1.29, 1.82) is 0 Å². The molecule has 7 heteroatoms. The second kappa shape index (κ2) is 9.25. The summed E-state index contributed by atoms with van der Waals surface area (Å²) in [5.41, 5.74) is 2.88. The summed E-state index contributed by atoms with van der Waals surface area (Å²) in [6.07, 6.45) is 0. The number of ether oxygens (including phenoxy) is 2.